The molecule has 0 amide bonds. The van der Waals surface area contributed by atoms with Crippen molar-refractivity contribution >= 4 is 11.7 Å². The molecule has 5 nitrogen and oxygen atoms in total. The lowest BCUT2D eigenvalue weighted by molar-refractivity contribution is -0.118. The van der Waals surface area contributed by atoms with E-state index in [1.54, 1.807) is 17.0 Å². The number of hydrogen-bond acceptors (Lipinski definition) is 4. The van der Waals surface area contributed by atoms with Gasteiger partial charge in [-0.05, 0) is 29.2 Å². The van der Waals surface area contributed by atoms with Crippen LogP contribution < -0.4 is 0 Å². The number of aromatic nitrogens is 2. The molecule has 130 valence electrons. The first-order chi connectivity index (χ1) is 12.5. The smallest absolute Gasteiger partial charge is 0.218 e. The van der Waals surface area contributed by atoms with Gasteiger partial charge in [0.15, 0.2) is 5.78 Å². The maximum Gasteiger partial charge on any atom is 0.218 e. The number of nitriles is 1. The summed E-state index contributed by atoms with van der Waals surface area (Å²) in [4.78, 5) is 17.2. The van der Waals surface area contributed by atoms with Crippen LogP contribution in [0.15, 0.2) is 66.0 Å². The summed E-state index contributed by atoms with van der Waals surface area (Å²) in [7, 11) is 0. The minimum absolute atomic E-state index is 0.0457. The number of pyridine rings is 1. The Bertz CT molecular complexity index is 960. The minimum Gasteiger partial charge on any atom is -0.443 e. The molecule has 3 heterocycles. The molecule has 0 saturated heterocycles. The van der Waals surface area contributed by atoms with Crippen LogP contribution in [0, 0.1) is 16.7 Å². The Balaban J connectivity index is 1.95. The molecule has 0 spiro atoms. The third-order valence-electron chi connectivity index (χ3n) is 4.88. The van der Waals surface area contributed by atoms with Gasteiger partial charge in [0, 0.05) is 43.2 Å². The quantitative estimate of drug-likeness (QED) is 0.824. The molecular formula is C21H19N3O2. The van der Waals surface area contributed by atoms with Gasteiger partial charge >= 0.3 is 0 Å². The molecule has 1 atom stereocenters. The van der Waals surface area contributed by atoms with Crippen molar-refractivity contribution in [2.45, 2.75) is 32.6 Å². The van der Waals surface area contributed by atoms with Crippen LogP contribution in [0.3, 0.4) is 0 Å². The van der Waals surface area contributed by atoms with Crippen LogP contribution in [0.4, 0.5) is 0 Å². The van der Waals surface area contributed by atoms with Gasteiger partial charge in [0.25, 0.3) is 0 Å². The number of hydrogen-bond donors (Lipinski definition) is 0. The minimum atomic E-state index is -0.446. The van der Waals surface area contributed by atoms with Crippen molar-refractivity contribution in [1.29, 1.82) is 5.26 Å². The van der Waals surface area contributed by atoms with Crippen LogP contribution in [-0.4, -0.2) is 15.3 Å². The zero-order chi connectivity index (χ0) is 18.3. The molecule has 2 aromatic rings. The van der Waals surface area contributed by atoms with Gasteiger partial charge in [-0.15, -0.1) is 0 Å². The van der Waals surface area contributed by atoms with Crippen LogP contribution in [0.5, 0.6) is 0 Å². The molecule has 0 radical (unpaired) electrons. The van der Waals surface area contributed by atoms with E-state index in [9.17, 15) is 10.1 Å². The first-order valence-electron chi connectivity index (χ1n) is 8.62. The zero-order valence-corrected chi connectivity index (χ0v) is 14.8. The van der Waals surface area contributed by atoms with Crippen LogP contribution in [0.1, 0.15) is 38.2 Å². The van der Waals surface area contributed by atoms with E-state index in [0.717, 1.165) is 5.56 Å². The Kier molecular flexibility index (Phi) is 3.77. The molecule has 0 bridgehead atoms. The van der Waals surface area contributed by atoms with Crippen LogP contribution in [0.25, 0.3) is 5.88 Å². The van der Waals surface area contributed by atoms with E-state index in [1.807, 2.05) is 36.7 Å². The Labute approximate surface area is 152 Å². The van der Waals surface area contributed by atoms with Gasteiger partial charge in [0.2, 0.25) is 5.88 Å². The van der Waals surface area contributed by atoms with E-state index in [4.69, 9.17) is 4.74 Å². The summed E-state index contributed by atoms with van der Waals surface area (Å²) in [6, 6.07) is 9.78. The zero-order valence-electron chi connectivity index (χ0n) is 14.8. The maximum absolute atomic E-state index is 13.0. The summed E-state index contributed by atoms with van der Waals surface area (Å²) >= 11 is 0. The topological polar surface area (TPSA) is 67.9 Å². The van der Waals surface area contributed by atoms with Gasteiger partial charge in [-0.25, -0.2) is 0 Å². The number of rotatable bonds is 2. The first kappa shape index (κ1) is 16.3. The van der Waals surface area contributed by atoms with Crippen molar-refractivity contribution in [3.05, 3.63) is 71.5 Å². The number of nitrogens with zero attached hydrogens (tertiary/aromatic N) is 3. The standard InChI is InChI=1S/C21H19N3O2/c1-21(2)10-16(25)19-17(11-21)26-20(24-8-3-4-9-24)15(12-22)18(19)14-6-5-7-23-13-14/h3-9,13,18H,10-11H2,1-2H3/t18-/m1/s1. The highest BCUT2D eigenvalue weighted by Crippen LogP contribution is 2.49. The average molecular weight is 345 g/mol. The fourth-order valence-electron chi connectivity index (χ4n) is 3.78. The normalized spacial score (nSPS) is 21.9. The molecule has 1 aliphatic carbocycles. The third kappa shape index (κ3) is 2.64. The van der Waals surface area contributed by atoms with E-state index in [0.29, 0.717) is 35.6 Å². The number of carbonyl (C=O) groups excluding carboxylic acids is 1. The molecule has 0 saturated carbocycles. The SMILES string of the molecule is CC1(C)CC(=O)C2=C(C1)OC(n1cccc1)=C(C#N)[C@H]2c1cccnc1. The van der Waals surface area contributed by atoms with Crippen molar-refractivity contribution < 1.29 is 9.53 Å². The number of ketones is 1. The Morgan fingerprint density at radius 3 is 2.69 bits per heavy atom. The maximum atomic E-state index is 13.0. The molecular weight excluding hydrogens is 326 g/mol. The predicted molar refractivity (Wildman–Crippen MR) is 96.4 cm³/mol. The molecule has 0 N–H and O–H groups in total. The Hall–Kier alpha value is -3.13. The fourth-order valence-corrected chi connectivity index (χ4v) is 3.78. The number of Topliss-reactive ketones (excluding diaryl/α,β-unsaturated/α-hetero) is 1. The van der Waals surface area contributed by atoms with Gasteiger partial charge in [0.1, 0.15) is 17.4 Å². The molecule has 4 rings (SSSR count). The molecule has 0 fully saturated rings. The number of allylic oxidation sites excluding steroid dienone is 3. The summed E-state index contributed by atoms with van der Waals surface area (Å²) in [6.07, 6.45) is 8.20. The van der Waals surface area contributed by atoms with E-state index in [1.165, 1.54) is 0 Å². The van der Waals surface area contributed by atoms with Crippen molar-refractivity contribution in [2.75, 3.05) is 0 Å². The lowest BCUT2D eigenvalue weighted by Gasteiger charge is -2.37. The van der Waals surface area contributed by atoms with Crippen molar-refractivity contribution in [3.63, 3.8) is 0 Å². The largest absolute Gasteiger partial charge is 0.443 e. The number of ether oxygens (including phenoxy) is 1. The second-order valence-corrected chi connectivity index (χ2v) is 7.52. The lowest BCUT2D eigenvalue weighted by Crippen LogP contribution is -2.32. The van der Waals surface area contributed by atoms with Gasteiger partial charge in [0.05, 0.1) is 5.92 Å². The highest BCUT2D eigenvalue weighted by Gasteiger charge is 2.43. The van der Waals surface area contributed by atoms with E-state index in [2.05, 4.69) is 24.9 Å². The van der Waals surface area contributed by atoms with E-state index >= 15 is 0 Å². The highest BCUT2D eigenvalue weighted by atomic mass is 16.5. The first-order valence-corrected chi connectivity index (χ1v) is 8.62. The monoisotopic (exact) mass is 345 g/mol. The summed E-state index contributed by atoms with van der Waals surface area (Å²) in [5, 5.41) is 9.92. The molecule has 0 unspecified atom stereocenters. The molecule has 1 aliphatic heterocycles. The summed E-state index contributed by atoms with van der Waals surface area (Å²) in [6.45, 7) is 4.13. The van der Waals surface area contributed by atoms with Gasteiger partial charge in [-0.3, -0.25) is 14.3 Å². The van der Waals surface area contributed by atoms with Crippen LogP contribution >= 0.6 is 0 Å². The van der Waals surface area contributed by atoms with Crippen LogP contribution in [-0.2, 0) is 9.53 Å². The molecule has 2 aliphatic rings. The average Bonchev–Trinajstić information content (AvgIpc) is 3.14. The second kappa shape index (κ2) is 5.99. The summed E-state index contributed by atoms with van der Waals surface area (Å²) < 4.78 is 7.94. The highest BCUT2D eigenvalue weighted by molar-refractivity contribution is 6.00. The third-order valence-corrected chi connectivity index (χ3v) is 4.88. The summed E-state index contributed by atoms with van der Waals surface area (Å²) in [5.74, 6) is 0.737. The molecule has 2 aromatic heterocycles. The molecule has 26 heavy (non-hydrogen) atoms. The predicted octanol–water partition coefficient (Wildman–Crippen LogP) is 4.03. The Morgan fingerprint density at radius 2 is 2.04 bits per heavy atom. The van der Waals surface area contributed by atoms with Gasteiger partial charge < -0.3 is 4.74 Å². The van der Waals surface area contributed by atoms with Gasteiger partial charge in [-0.1, -0.05) is 19.9 Å². The van der Waals surface area contributed by atoms with E-state index in [-0.39, 0.29) is 11.2 Å². The van der Waals surface area contributed by atoms with E-state index < -0.39 is 5.92 Å². The lowest BCUT2D eigenvalue weighted by atomic mass is 9.70. The number of carbonyl (C=O) groups is 1. The molecule has 0 aromatic carbocycles. The molecule has 5 heteroatoms. The van der Waals surface area contributed by atoms with Crippen molar-refractivity contribution in [2.24, 2.45) is 5.41 Å². The fraction of sp³-hybridized carbons (Fsp3) is 0.286. The van der Waals surface area contributed by atoms with Crippen molar-refractivity contribution in [3.8, 4) is 6.07 Å². The van der Waals surface area contributed by atoms with Crippen molar-refractivity contribution in [1.82, 2.24) is 9.55 Å². The van der Waals surface area contributed by atoms with Gasteiger partial charge in [-0.2, -0.15) is 5.26 Å². The van der Waals surface area contributed by atoms with Crippen LogP contribution in [0.2, 0.25) is 0 Å². The second-order valence-electron chi connectivity index (χ2n) is 7.52. The Morgan fingerprint density at radius 1 is 1.27 bits per heavy atom. The summed E-state index contributed by atoms with van der Waals surface area (Å²) in [5.41, 5.74) is 1.70.